The van der Waals surface area contributed by atoms with Gasteiger partial charge in [0.1, 0.15) is 12.4 Å². The van der Waals surface area contributed by atoms with E-state index in [0.717, 1.165) is 5.69 Å². The third kappa shape index (κ3) is 4.85. The summed E-state index contributed by atoms with van der Waals surface area (Å²) < 4.78 is 10.1. The SMILES string of the molecule is COC(=O)CCNC(=O)c1cccc(OCc2cscn2)c1. The zero-order valence-electron chi connectivity index (χ0n) is 12.1. The maximum Gasteiger partial charge on any atom is 0.307 e. The van der Waals surface area contributed by atoms with Crippen molar-refractivity contribution < 1.29 is 19.1 Å². The molecule has 0 fully saturated rings. The molecule has 116 valence electrons. The fraction of sp³-hybridized carbons (Fsp3) is 0.267. The van der Waals surface area contributed by atoms with Gasteiger partial charge in [-0.05, 0) is 18.2 Å². The van der Waals surface area contributed by atoms with Gasteiger partial charge in [-0.15, -0.1) is 11.3 Å². The Morgan fingerprint density at radius 2 is 2.23 bits per heavy atom. The maximum atomic E-state index is 12.0. The van der Waals surface area contributed by atoms with Gasteiger partial charge in [0.15, 0.2) is 0 Å². The number of aromatic nitrogens is 1. The fourth-order valence-electron chi connectivity index (χ4n) is 1.68. The van der Waals surface area contributed by atoms with E-state index in [2.05, 4.69) is 15.0 Å². The van der Waals surface area contributed by atoms with Gasteiger partial charge in [-0.3, -0.25) is 9.59 Å². The van der Waals surface area contributed by atoms with Gasteiger partial charge in [0.05, 0.1) is 24.7 Å². The molecule has 0 aliphatic rings. The largest absolute Gasteiger partial charge is 0.487 e. The molecule has 0 atom stereocenters. The highest BCUT2D eigenvalue weighted by atomic mass is 32.1. The highest BCUT2D eigenvalue weighted by Crippen LogP contribution is 2.15. The molecule has 0 saturated heterocycles. The van der Waals surface area contributed by atoms with Crippen LogP contribution in [0.1, 0.15) is 22.5 Å². The lowest BCUT2D eigenvalue weighted by molar-refractivity contribution is -0.140. The molecule has 0 bridgehead atoms. The van der Waals surface area contributed by atoms with Gasteiger partial charge in [-0.2, -0.15) is 0 Å². The van der Waals surface area contributed by atoms with Gasteiger partial charge in [-0.25, -0.2) is 4.98 Å². The molecule has 0 aliphatic heterocycles. The van der Waals surface area contributed by atoms with Crippen LogP contribution in [0.5, 0.6) is 5.75 Å². The maximum absolute atomic E-state index is 12.0. The first-order chi connectivity index (χ1) is 10.7. The molecule has 0 aliphatic carbocycles. The van der Waals surface area contributed by atoms with Crippen molar-refractivity contribution in [3.8, 4) is 5.75 Å². The Bertz CT molecular complexity index is 628. The number of carbonyl (C=O) groups is 2. The zero-order chi connectivity index (χ0) is 15.8. The van der Waals surface area contributed by atoms with Crippen molar-refractivity contribution in [1.29, 1.82) is 0 Å². The van der Waals surface area contributed by atoms with E-state index in [4.69, 9.17) is 4.74 Å². The van der Waals surface area contributed by atoms with E-state index < -0.39 is 0 Å². The van der Waals surface area contributed by atoms with E-state index >= 15 is 0 Å². The van der Waals surface area contributed by atoms with E-state index in [0.29, 0.717) is 17.9 Å². The number of nitrogens with one attached hydrogen (secondary N) is 1. The Kier molecular flexibility index (Phi) is 5.91. The molecular weight excluding hydrogens is 304 g/mol. The fourth-order valence-corrected chi connectivity index (χ4v) is 2.22. The third-order valence-electron chi connectivity index (χ3n) is 2.81. The number of hydrogen-bond donors (Lipinski definition) is 1. The molecule has 22 heavy (non-hydrogen) atoms. The first-order valence-corrected chi connectivity index (χ1v) is 7.58. The molecule has 2 rings (SSSR count). The van der Waals surface area contributed by atoms with Crippen molar-refractivity contribution in [3.05, 3.63) is 46.4 Å². The summed E-state index contributed by atoms with van der Waals surface area (Å²) >= 11 is 1.50. The Balaban J connectivity index is 1.87. The van der Waals surface area contributed by atoms with E-state index in [1.165, 1.54) is 18.4 Å². The zero-order valence-corrected chi connectivity index (χ0v) is 12.9. The van der Waals surface area contributed by atoms with Gasteiger partial charge in [0, 0.05) is 17.5 Å². The van der Waals surface area contributed by atoms with Crippen LogP contribution in [0.15, 0.2) is 35.2 Å². The molecule has 1 aromatic carbocycles. The number of thiazole rings is 1. The van der Waals surface area contributed by atoms with Crippen LogP contribution >= 0.6 is 11.3 Å². The summed E-state index contributed by atoms with van der Waals surface area (Å²) in [6, 6.07) is 6.85. The average Bonchev–Trinajstić information content (AvgIpc) is 3.06. The molecule has 2 aromatic rings. The molecule has 0 spiro atoms. The molecule has 1 amide bonds. The molecule has 7 heteroatoms. The monoisotopic (exact) mass is 320 g/mol. The van der Waals surface area contributed by atoms with Gasteiger partial charge < -0.3 is 14.8 Å². The van der Waals surface area contributed by atoms with Gasteiger partial charge in [-0.1, -0.05) is 6.07 Å². The number of amides is 1. The van der Waals surface area contributed by atoms with Crippen LogP contribution in [-0.4, -0.2) is 30.5 Å². The standard InChI is InChI=1S/C15H16N2O4S/c1-20-14(18)5-6-16-15(19)11-3-2-4-13(7-11)21-8-12-9-22-10-17-12/h2-4,7,9-10H,5-6,8H2,1H3,(H,16,19). The van der Waals surface area contributed by atoms with Crippen LogP contribution in [0, 0.1) is 0 Å². The summed E-state index contributed by atoms with van der Waals surface area (Å²) in [5, 5.41) is 4.56. The topological polar surface area (TPSA) is 77.5 Å². The molecule has 0 unspecified atom stereocenters. The highest BCUT2D eigenvalue weighted by molar-refractivity contribution is 7.07. The summed E-state index contributed by atoms with van der Waals surface area (Å²) in [7, 11) is 1.31. The minimum atomic E-state index is -0.361. The minimum absolute atomic E-state index is 0.141. The van der Waals surface area contributed by atoms with Crippen LogP contribution in [0.3, 0.4) is 0 Å². The van der Waals surface area contributed by atoms with E-state index in [1.807, 2.05) is 5.38 Å². The van der Waals surface area contributed by atoms with E-state index in [-0.39, 0.29) is 24.8 Å². The lowest BCUT2D eigenvalue weighted by atomic mass is 10.2. The molecule has 1 N–H and O–H groups in total. The third-order valence-corrected chi connectivity index (χ3v) is 3.44. The van der Waals surface area contributed by atoms with Crippen molar-refractivity contribution in [1.82, 2.24) is 10.3 Å². The molecule has 0 saturated carbocycles. The van der Waals surface area contributed by atoms with E-state index in [1.54, 1.807) is 29.8 Å². The first-order valence-electron chi connectivity index (χ1n) is 6.64. The molecule has 0 radical (unpaired) electrons. The Labute approximate surface area is 132 Å². The van der Waals surface area contributed by atoms with Crippen LogP contribution in [0.4, 0.5) is 0 Å². The Morgan fingerprint density at radius 1 is 1.36 bits per heavy atom. The predicted molar refractivity (Wildman–Crippen MR) is 81.9 cm³/mol. The highest BCUT2D eigenvalue weighted by Gasteiger charge is 2.08. The van der Waals surface area contributed by atoms with E-state index in [9.17, 15) is 9.59 Å². The number of methoxy groups -OCH3 is 1. The number of nitrogens with zero attached hydrogens (tertiary/aromatic N) is 1. The average molecular weight is 320 g/mol. The van der Waals surface area contributed by atoms with Gasteiger partial charge >= 0.3 is 5.97 Å². The Morgan fingerprint density at radius 3 is 2.95 bits per heavy atom. The van der Waals surface area contributed by atoms with Gasteiger partial charge in [0.2, 0.25) is 0 Å². The lowest BCUT2D eigenvalue weighted by Gasteiger charge is -2.07. The lowest BCUT2D eigenvalue weighted by Crippen LogP contribution is -2.26. The molecular formula is C15H16N2O4S. The first kappa shape index (κ1) is 16.0. The Hall–Kier alpha value is -2.41. The second-order valence-electron chi connectivity index (χ2n) is 4.38. The van der Waals surface area contributed by atoms with Crippen molar-refractivity contribution in [2.24, 2.45) is 0 Å². The number of rotatable bonds is 7. The van der Waals surface area contributed by atoms with Crippen LogP contribution in [0.25, 0.3) is 0 Å². The summed E-state index contributed by atoms with van der Waals surface area (Å²) in [6.45, 7) is 0.590. The number of carbonyl (C=O) groups excluding carboxylic acids is 2. The van der Waals surface area contributed by atoms with Crippen LogP contribution in [-0.2, 0) is 16.1 Å². The second kappa shape index (κ2) is 8.14. The number of benzene rings is 1. The number of esters is 1. The summed E-state index contributed by atoms with van der Waals surface area (Å²) in [6.07, 6.45) is 0.141. The predicted octanol–water partition coefficient (Wildman–Crippen LogP) is 2.01. The van der Waals surface area contributed by atoms with Crippen molar-refractivity contribution >= 4 is 23.2 Å². The number of ether oxygens (including phenoxy) is 2. The van der Waals surface area contributed by atoms with Gasteiger partial charge in [0.25, 0.3) is 5.91 Å². The van der Waals surface area contributed by atoms with Crippen molar-refractivity contribution in [2.75, 3.05) is 13.7 Å². The van der Waals surface area contributed by atoms with Crippen molar-refractivity contribution in [2.45, 2.75) is 13.0 Å². The van der Waals surface area contributed by atoms with Crippen LogP contribution < -0.4 is 10.1 Å². The summed E-state index contributed by atoms with van der Waals surface area (Å²) in [4.78, 5) is 27.1. The van der Waals surface area contributed by atoms with Crippen LogP contribution in [0.2, 0.25) is 0 Å². The summed E-state index contributed by atoms with van der Waals surface area (Å²) in [5.41, 5.74) is 3.06. The second-order valence-corrected chi connectivity index (χ2v) is 5.10. The molecule has 6 nitrogen and oxygen atoms in total. The smallest absolute Gasteiger partial charge is 0.307 e. The molecule has 1 aromatic heterocycles. The molecule has 1 heterocycles. The van der Waals surface area contributed by atoms with Crippen molar-refractivity contribution in [3.63, 3.8) is 0 Å². The number of hydrogen-bond acceptors (Lipinski definition) is 6. The normalized spacial score (nSPS) is 10.0. The minimum Gasteiger partial charge on any atom is -0.487 e. The quantitative estimate of drug-likeness (QED) is 0.790. The summed E-state index contributed by atoms with van der Waals surface area (Å²) in [5.74, 6) is -0.0303.